The summed E-state index contributed by atoms with van der Waals surface area (Å²) in [6, 6.07) is 12.7. The van der Waals surface area contributed by atoms with Gasteiger partial charge in [0.1, 0.15) is 12.6 Å². The molecular weight excluding hydrogens is 469 g/mol. The van der Waals surface area contributed by atoms with E-state index in [-0.39, 0.29) is 12.5 Å². The Morgan fingerprint density at radius 2 is 1.60 bits per heavy atom. The molecule has 3 N–H and O–H groups in total. The summed E-state index contributed by atoms with van der Waals surface area (Å²) in [5, 5.41) is 20.3. The molecule has 1 heterocycles. The molecule has 2 aromatic carbocycles. The monoisotopic (exact) mass is 492 g/mol. The number of rotatable bonds is 7. The number of hydrogen-bond donors (Lipinski definition) is 3. The summed E-state index contributed by atoms with van der Waals surface area (Å²) in [6.45, 7) is -1.17. The average molecular weight is 492 g/mol. The van der Waals surface area contributed by atoms with E-state index >= 15 is 0 Å². The zero-order chi connectivity index (χ0) is 25.4. The molecule has 2 aromatic rings. The number of alkyl halides is 3. The molecule has 1 saturated heterocycles. The van der Waals surface area contributed by atoms with Gasteiger partial charge in [-0.05, 0) is 28.7 Å². The van der Waals surface area contributed by atoms with Gasteiger partial charge < -0.3 is 25.2 Å². The van der Waals surface area contributed by atoms with Gasteiger partial charge in [0.15, 0.2) is 5.60 Å². The lowest BCUT2D eigenvalue weighted by Gasteiger charge is -2.43. The Hall–Kier alpha value is -3.60. The van der Waals surface area contributed by atoms with E-state index in [1.165, 1.54) is 0 Å². The molecule has 0 aromatic heterocycles. The molecule has 0 bridgehead atoms. The van der Waals surface area contributed by atoms with Crippen LogP contribution in [-0.4, -0.2) is 70.6 Å². The minimum atomic E-state index is -4.83. The molecule has 4 rings (SSSR count). The highest BCUT2D eigenvalue weighted by atomic mass is 19.4. The molecule has 1 atom stereocenters. The van der Waals surface area contributed by atoms with Crippen LogP contribution < -0.4 is 5.32 Å². The summed E-state index contributed by atoms with van der Waals surface area (Å²) in [5.41, 5.74) is 1.69. The van der Waals surface area contributed by atoms with E-state index in [0.29, 0.717) is 0 Å². The van der Waals surface area contributed by atoms with E-state index < -0.39 is 61.7 Å². The molecule has 35 heavy (non-hydrogen) atoms. The summed E-state index contributed by atoms with van der Waals surface area (Å²) >= 11 is 0. The molecule has 0 spiro atoms. The predicted octanol–water partition coefficient (Wildman–Crippen LogP) is 2.89. The Labute approximate surface area is 198 Å². The number of β-amino-alcohol motifs (C(OH)–C–C–N with tert-alkyl or cyclic N) is 1. The maximum Gasteiger partial charge on any atom is 0.408 e. The Morgan fingerprint density at radius 3 is 2.11 bits per heavy atom. The van der Waals surface area contributed by atoms with Crippen molar-refractivity contribution in [2.24, 2.45) is 0 Å². The van der Waals surface area contributed by atoms with Gasteiger partial charge in [-0.2, -0.15) is 13.2 Å². The average Bonchev–Trinajstić information content (AvgIpc) is 3.11. The van der Waals surface area contributed by atoms with E-state index in [2.05, 4.69) is 0 Å². The van der Waals surface area contributed by atoms with Gasteiger partial charge >= 0.3 is 18.2 Å². The number of alkyl carbamates (subject to hydrolysis) is 1. The largest absolute Gasteiger partial charge is 0.479 e. The van der Waals surface area contributed by atoms with Crippen molar-refractivity contribution in [1.82, 2.24) is 10.2 Å². The van der Waals surface area contributed by atoms with Crippen LogP contribution in [0.4, 0.5) is 18.0 Å². The van der Waals surface area contributed by atoms with E-state index in [9.17, 15) is 32.7 Å². The Balaban J connectivity index is 1.33. The lowest BCUT2D eigenvalue weighted by molar-refractivity contribution is -0.182. The fourth-order valence-corrected chi connectivity index (χ4v) is 4.42. The number of nitrogens with zero attached hydrogens (tertiary/aromatic N) is 1. The lowest BCUT2D eigenvalue weighted by atomic mass is 9.93. The van der Waals surface area contributed by atoms with Crippen molar-refractivity contribution in [2.75, 3.05) is 19.7 Å². The molecule has 1 aliphatic carbocycles. The highest BCUT2D eigenvalue weighted by Crippen LogP contribution is 2.44. The number of carbonyl (C=O) groups is 3. The number of fused-ring (bicyclic) bond motifs is 3. The molecule has 186 valence electrons. The van der Waals surface area contributed by atoms with E-state index in [4.69, 9.17) is 9.84 Å². The molecule has 0 radical (unpaired) electrons. The second kappa shape index (κ2) is 9.21. The number of likely N-dealkylation sites (tertiary alicyclic amines) is 1. The van der Waals surface area contributed by atoms with Gasteiger partial charge in [-0.3, -0.25) is 4.79 Å². The van der Waals surface area contributed by atoms with Gasteiger partial charge in [0.25, 0.3) is 0 Å². The molecule has 8 nitrogen and oxygen atoms in total. The minimum Gasteiger partial charge on any atom is -0.479 e. The summed E-state index contributed by atoms with van der Waals surface area (Å²) in [5.74, 6) is -2.58. The standard InChI is InChI=1S/C24H23F3N2O6/c25-24(26,27)19(9-10-20(30)29-12-23(34,13-29)21(31)32)28-22(33)35-11-18-16-7-3-1-5-14(16)15-6-2-4-8-17(15)18/h1-8,18-19,34H,9-13H2,(H,28,33)(H,31,32)/t19-/m0/s1. The molecule has 0 unspecified atom stereocenters. The first-order valence-corrected chi connectivity index (χ1v) is 10.9. The second-order valence-corrected chi connectivity index (χ2v) is 8.69. The third-order valence-electron chi connectivity index (χ3n) is 6.33. The zero-order valence-corrected chi connectivity index (χ0v) is 18.4. The number of halogens is 3. The number of nitrogens with one attached hydrogen (secondary N) is 1. The molecule has 2 aliphatic rings. The topological polar surface area (TPSA) is 116 Å². The van der Waals surface area contributed by atoms with Crippen LogP contribution in [0.2, 0.25) is 0 Å². The van der Waals surface area contributed by atoms with Crippen LogP contribution in [-0.2, 0) is 14.3 Å². The summed E-state index contributed by atoms with van der Waals surface area (Å²) < 4.78 is 45.6. The van der Waals surface area contributed by atoms with E-state index in [0.717, 1.165) is 27.2 Å². The lowest BCUT2D eigenvalue weighted by Crippen LogP contribution is -2.67. The van der Waals surface area contributed by atoms with Gasteiger partial charge in [-0.1, -0.05) is 48.5 Å². The Morgan fingerprint density at radius 1 is 1.06 bits per heavy atom. The Bertz CT molecular complexity index is 1100. The van der Waals surface area contributed by atoms with Gasteiger partial charge in [0.05, 0.1) is 13.1 Å². The number of benzene rings is 2. The minimum absolute atomic E-state index is 0.162. The van der Waals surface area contributed by atoms with Gasteiger partial charge in [-0.15, -0.1) is 0 Å². The van der Waals surface area contributed by atoms with Crippen LogP contribution in [0.3, 0.4) is 0 Å². The van der Waals surface area contributed by atoms with Crippen molar-refractivity contribution in [2.45, 2.75) is 36.6 Å². The number of carboxylic acid groups (broad SMARTS) is 1. The number of amides is 2. The summed E-state index contributed by atoms with van der Waals surface area (Å²) in [7, 11) is 0. The van der Waals surface area contributed by atoms with Crippen molar-refractivity contribution in [3.63, 3.8) is 0 Å². The highest BCUT2D eigenvalue weighted by Gasteiger charge is 2.50. The first-order chi connectivity index (χ1) is 16.5. The first kappa shape index (κ1) is 24.5. The van der Waals surface area contributed by atoms with Crippen LogP contribution in [0.1, 0.15) is 29.9 Å². The van der Waals surface area contributed by atoms with Crippen LogP contribution in [0.15, 0.2) is 48.5 Å². The fraction of sp³-hybridized carbons (Fsp3) is 0.375. The smallest absolute Gasteiger partial charge is 0.408 e. The number of aliphatic hydroxyl groups is 1. The fourth-order valence-electron chi connectivity index (χ4n) is 4.42. The zero-order valence-electron chi connectivity index (χ0n) is 18.4. The van der Waals surface area contributed by atoms with Gasteiger partial charge in [0.2, 0.25) is 5.91 Å². The number of carboxylic acids is 1. The highest BCUT2D eigenvalue weighted by molar-refractivity contribution is 5.85. The normalized spacial score (nSPS) is 17.1. The van der Waals surface area contributed by atoms with Gasteiger partial charge in [0, 0.05) is 12.3 Å². The maximum atomic E-state index is 13.5. The molecule has 0 saturated carbocycles. The molecular formula is C24H23F3N2O6. The number of hydrogen-bond acceptors (Lipinski definition) is 5. The molecule has 11 heteroatoms. The third-order valence-corrected chi connectivity index (χ3v) is 6.33. The van der Waals surface area contributed by atoms with E-state index in [1.807, 2.05) is 48.5 Å². The van der Waals surface area contributed by atoms with Crippen LogP contribution in [0, 0.1) is 0 Å². The first-order valence-electron chi connectivity index (χ1n) is 10.9. The summed E-state index contributed by atoms with van der Waals surface area (Å²) in [4.78, 5) is 36.2. The third kappa shape index (κ3) is 4.95. The SMILES string of the molecule is O=C(N[C@@H](CCC(=O)N1CC(O)(C(=O)O)C1)C(F)(F)F)OCC1c2ccccc2-c2ccccc21. The maximum absolute atomic E-state index is 13.5. The van der Waals surface area contributed by atoms with Gasteiger partial charge in [-0.25, -0.2) is 9.59 Å². The van der Waals surface area contributed by atoms with Crippen molar-refractivity contribution < 1.29 is 42.5 Å². The van der Waals surface area contributed by atoms with E-state index in [1.54, 1.807) is 5.32 Å². The van der Waals surface area contributed by atoms with Crippen molar-refractivity contribution in [3.05, 3.63) is 59.7 Å². The van der Waals surface area contributed by atoms with Crippen molar-refractivity contribution >= 4 is 18.0 Å². The second-order valence-electron chi connectivity index (χ2n) is 8.69. The van der Waals surface area contributed by atoms with Crippen LogP contribution >= 0.6 is 0 Å². The Kier molecular flexibility index (Phi) is 6.46. The van der Waals surface area contributed by atoms with Crippen LogP contribution in [0.25, 0.3) is 11.1 Å². The number of carbonyl (C=O) groups excluding carboxylic acids is 2. The van der Waals surface area contributed by atoms with Crippen LogP contribution in [0.5, 0.6) is 0 Å². The number of ether oxygens (including phenoxy) is 1. The quantitative estimate of drug-likeness (QED) is 0.548. The molecule has 2 amide bonds. The van der Waals surface area contributed by atoms with Crippen molar-refractivity contribution in [3.8, 4) is 11.1 Å². The molecule has 1 aliphatic heterocycles. The summed E-state index contributed by atoms with van der Waals surface area (Å²) in [6.07, 6.45) is -7.44. The molecule has 1 fully saturated rings. The predicted molar refractivity (Wildman–Crippen MR) is 116 cm³/mol. The number of aliphatic carboxylic acids is 1. The van der Waals surface area contributed by atoms with Crippen molar-refractivity contribution in [1.29, 1.82) is 0 Å².